The second kappa shape index (κ2) is 11.1. The lowest BCUT2D eigenvalue weighted by Crippen LogP contribution is -2.49. The van der Waals surface area contributed by atoms with Gasteiger partial charge in [0.05, 0.1) is 21.5 Å². The molecule has 1 aliphatic heterocycles. The zero-order chi connectivity index (χ0) is 27.7. The Bertz CT molecular complexity index is 1610. The van der Waals surface area contributed by atoms with Crippen molar-refractivity contribution in [1.82, 2.24) is 19.4 Å². The van der Waals surface area contributed by atoms with Crippen LogP contribution in [0.4, 0.5) is 0 Å². The van der Waals surface area contributed by atoms with Gasteiger partial charge in [-0.15, -0.1) is 0 Å². The maximum absolute atomic E-state index is 13.7. The van der Waals surface area contributed by atoms with Gasteiger partial charge in [0.1, 0.15) is 6.07 Å². The van der Waals surface area contributed by atoms with E-state index in [-0.39, 0.29) is 40.7 Å². The van der Waals surface area contributed by atoms with Crippen molar-refractivity contribution in [3.63, 3.8) is 0 Å². The van der Waals surface area contributed by atoms with Crippen molar-refractivity contribution in [3.8, 4) is 6.07 Å². The number of fused-ring (bicyclic) bond motifs is 1. The van der Waals surface area contributed by atoms with Gasteiger partial charge in [-0.2, -0.15) is 5.26 Å². The van der Waals surface area contributed by atoms with E-state index in [1.54, 1.807) is 33.7 Å². The van der Waals surface area contributed by atoms with Crippen molar-refractivity contribution >= 4 is 34.3 Å². The maximum atomic E-state index is 13.7. The molecule has 0 bridgehead atoms. The van der Waals surface area contributed by atoms with Crippen LogP contribution in [0.1, 0.15) is 65.3 Å². The minimum absolute atomic E-state index is 0.209. The molecule has 0 spiro atoms. The van der Waals surface area contributed by atoms with Crippen LogP contribution in [-0.2, 0) is 13.1 Å². The lowest BCUT2D eigenvalue weighted by Gasteiger charge is -2.36. The smallest absolute Gasteiger partial charge is 0.331 e. The third-order valence-electron chi connectivity index (χ3n) is 7.66. The Hall–Kier alpha value is -3.90. The highest BCUT2D eigenvalue weighted by atomic mass is 35.5. The topological polar surface area (TPSA) is 117 Å². The van der Waals surface area contributed by atoms with Gasteiger partial charge < -0.3 is 10.2 Å². The Labute approximate surface area is 230 Å². The molecule has 1 aromatic heterocycles. The fraction of sp³-hybridized carbons (Fsp3) is 0.414. The van der Waals surface area contributed by atoms with Crippen LogP contribution in [0.15, 0.2) is 46.0 Å². The highest BCUT2D eigenvalue weighted by molar-refractivity contribution is 6.32. The average Bonchev–Trinajstić information content (AvgIpc) is 3.78. The van der Waals surface area contributed by atoms with E-state index in [1.165, 1.54) is 16.7 Å². The van der Waals surface area contributed by atoms with Gasteiger partial charge in [-0.1, -0.05) is 11.6 Å². The summed E-state index contributed by atoms with van der Waals surface area (Å²) < 4.78 is 2.90. The van der Waals surface area contributed by atoms with E-state index >= 15 is 0 Å². The average molecular weight is 548 g/mol. The summed E-state index contributed by atoms with van der Waals surface area (Å²) in [4.78, 5) is 54.5. The highest BCUT2D eigenvalue weighted by Gasteiger charge is 2.29. The molecular formula is C29H30ClN5O4. The lowest BCUT2D eigenvalue weighted by atomic mass is 10.00. The van der Waals surface area contributed by atoms with E-state index < -0.39 is 0 Å². The molecular weight excluding hydrogens is 518 g/mol. The normalized spacial score (nSPS) is 17.2. The number of nitriles is 1. The van der Waals surface area contributed by atoms with E-state index in [0.29, 0.717) is 53.1 Å². The van der Waals surface area contributed by atoms with Gasteiger partial charge in [0, 0.05) is 43.3 Å². The number of aromatic nitrogens is 2. The molecule has 2 heterocycles. The summed E-state index contributed by atoms with van der Waals surface area (Å²) in [5.74, 6) is -0.189. The minimum atomic E-state index is -0.357. The molecule has 2 amide bonds. The first-order valence-corrected chi connectivity index (χ1v) is 13.8. The summed E-state index contributed by atoms with van der Waals surface area (Å²) in [5, 5.41) is 12.5. The monoisotopic (exact) mass is 547 g/mol. The molecule has 1 N–H and O–H groups in total. The molecule has 39 heavy (non-hydrogen) atoms. The van der Waals surface area contributed by atoms with E-state index in [9.17, 15) is 19.2 Å². The quantitative estimate of drug-likeness (QED) is 0.485. The number of likely N-dealkylation sites (tertiary alicyclic amines) is 1. The van der Waals surface area contributed by atoms with Crippen LogP contribution >= 0.6 is 11.6 Å². The number of amides is 2. The molecule has 1 saturated carbocycles. The summed E-state index contributed by atoms with van der Waals surface area (Å²) in [6, 6.07) is 11.2. The van der Waals surface area contributed by atoms with Crippen LogP contribution in [0.3, 0.4) is 0 Å². The number of aryl methyl sites for hydroxylation is 1. The van der Waals surface area contributed by atoms with Gasteiger partial charge in [0.2, 0.25) is 0 Å². The van der Waals surface area contributed by atoms with Crippen LogP contribution in [-0.4, -0.2) is 45.0 Å². The molecule has 9 nitrogen and oxygen atoms in total. The first kappa shape index (κ1) is 26.7. The molecule has 2 aliphatic rings. The summed E-state index contributed by atoms with van der Waals surface area (Å²) >= 11 is 6.07. The van der Waals surface area contributed by atoms with Crippen LogP contribution < -0.4 is 16.6 Å². The van der Waals surface area contributed by atoms with Crippen molar-refractivity contribution in [2.45, 2.75) is 58.2 Å². The number of nitrogens with one attached hydrogen (secondary N) is 1. The summed E-state index contributed by atoms with van der Waals surface area (Å²) in [7, 11) is 0. The maximum Gasteiger partial charge on any atom is 0.331 e. The molecule has 3 aromatic rings. The van der Waals surface area contributed by atoms with Crippen molar-refractivity contribution in [3.05, 3.63) is 78.9 Å². The van der Waals surface area contributed by atoms with Gasteiger partial charge in [-0.05, 0) is 81.3 Å². The minimum Gasteiger partial charge on any atom is -0.350 e. The fourth-order valence-corrected chi connectivity index (χ4v) is 5.51. The van der Waals surface area contributed by atoms with Gasteiger partial charge in [-0.25, -0.2) is 4.79 Å². The van der Waals surface area contributed by atoms with Crippen LogP contribution in [0.5, 0.6) is 0 Å². The van der Waals surface area contributed by atoms with E-state index in [1.807, 2.05) is 13.0 Å². The Kier molecular flexibility index (Phi) is 7.58. The largest absolute Gasteiger partial charge is 0.350 e. The number of piperidine rings is 1. The Balaban J connectivity index is 1.38. The number of rotatable bonds is 7. The fourth-order valence-electron chi connectivity index (χ4n) is 5.29. The van der Waals surface area contributed by atoms with Gasteiger partial charge in [0.25, 0.3) is 17.4 Å². The molecule has 1 saturated heterocycles. The van der Waals surface area contributed by atoms with Crippen LogP contribution in [0.25, 0.3) is 10.9 Å². The van der Waals surface area contributed by atoms with E-state index in [0.717, 1.165) is 32.1 Å². The number of hydrogen-bond donors (Lipinski definition) is 1. The number of hydrogen-bond acceptors (Lipinski definition) is 5. The van der Waals surface area contributed by atoms with Crippen molar-refractivity contribution in [1.29, 1.82) is 5.26 Å². The predicted octanol–water partition coefficient (Wildman–Crippen LogP) is 3.54. The number of carbonyl (C=O) groups is 2. The SMILES string of the molecule is CCn1c(=O)n(CC2CC2)c(=O)c2cc(C(=O)N3CCCCC3CNC(=O)c3ccc(C#N)c(Cl)c3)ccc21. The zero-order valence-corrected chi connectivity index (χ0v) is 22.5. The van der Waals surface area contributed by atoms with Gasteiger partial charge >= 0.3 is 5.69 Å². The molecule has 202 valence electrons. The summed E-state index contributed by atoms with van der Waals surface area (Å²) in [6.07, 6.45) is 4.54. The standard InChI is InChI=1S/C29H30ClN5O4/c1-2-33-25-11-10-20(13-23(25)28(38)35(29(33)39)17-18-6-7-18)27(37)34-12-4-3-5-22(34)16-32-26(36)19-8-9-21(15-31)24(30)14-19/h8-11,13-14,18,22H,2-7,12,16-17H2,1H3,(H,32,36). The van der Waals surface area contributed by atoms with Gasteiger partial charge in [-0.3, -0.25) is 23.5 Å². The third kappa shape index (κ3) is 5.34. The Morgan fingerprint density at radius 3 is 2.51 bits per heavy atom. The van der Waals surface area contributed by atoms with E-state index in [2.05, 4.69) is 5.32 Å². The second-order valence-corrected chi connectivity index (χ2v) is 10.7. The third-order valence-corrected chi connectivity index (χ3v) is 7.98. The van der Waals surface area contributed by atoms with Crippen LogP contribution in [0.2, 0.25) is 5.02 Å². The Morgan fingerprint density at radius 2 is 1.82 bits per heavy atom. The number of nitrogens with zero attached hydrogens (tertiary/aromatic N) is 4. The van der Waals surface area contributed by atoms with Crippen LogP contribution in [0, 0.1) is 17.2 Å². The first-order chi connectivity index (χ1) is 18.8. The molecule has 10 heteroatoms. The van der Waals surface area contributed by atoms with E-state index in [4.69, 9.17) is 16.9 Å². The first-order valence-electron chi connectivity index (χ1n) is 13.4. The predicted molar refractivity (Wildman–Crippen MR) is 148 cm³/mol. The number of carbonyl (C=O) groups excluding carboxylic acids is 2. The summed E-state index contributed by atoms with van der Waals surface area (Å²) in [6.45, 7) is 3.50. The molecule has 1 atom stereocenters. The number of benzene rings is 2. The summed E-state index contributed by atoms with van der Waals surface area (Å²) in [5.41, 5.74) is 0.881. The second-order valence-electron chi connectivity index (χ2n) is 10.3. The highest BCUT2D eigenvalue weighted by Crippen LogP contribution is 2.30. The zero-order valence-electron chi connectivity index (χ0n) is 21.8. The molecule has 2 fully saturated rings. The van der Waals surface area contributed by atoms with Gasteiger partial charge in [0.15, 0.2) is 0 Å². The Morgan fingerprint density at radius 1 is 1.05 bits per heavy atom. The van der Waals surface area contributed by atoms with Crippen molar-refractivity contribution in [2.24, 2.45) is 5.92 Å². The van der Waals surface area contributed by atoms with Crippen molar-refractivity contribution in [2.75, 3.05) is 13.1 Å². The number of halogens is 1. The molecule has 5 rings (SSSR count). The molecule has 1 aliphatic carbocycles. The molecule has 2 aromatic carbocycles. The molecule has 1 unspecified atom stereocenters. The van der Waals surface area contributed by atoms with Crippen molar-refractivity contribution < 1.29 is 9.59 Å². The lowest BCUT2D eigenvalue weighted by molar-refractivity contribution is 0.0602. The molecule has 0 radical (unpaired) electrons.